The summed E-state index contributed by atoms with van der Waals surface area (Å²) in [6, 6.07) is 11.5. The van der Waals surface area contributed by atoms with Gasteiger partial charge in [0.15, 0.2) is 11.5 Å². The topological polar surface area (TPSA) is 88.7 Å². The SMILES string of the molecule is C[Si](C)(C)CCOCn1nc(/C=C/c2ccc3c(c2)OCO3)c2ccc([N+](=O)[O-])cc21. The van der Waals surface area contributed by atoms with Crippen LogP contribution in [0.2, 0.25) is 25.7 Å². The van der Waals surface area contributed by atoms with Gasteiger partial charge in [0, 0.05) is 32.2 Å². The second-order valence-electron chi connectivity index (χ2n) is 8.64. The molecule has 31 heavy (non-hydrogen) atoms. The maximum absolute atomic E-state index is 11.3. The van der Waals surface area contributed by atoms with Crippen LogP contribution in [0.4, 0.5) is 5.69 Å². The molecule has 0 saturated carbocycles. The van der Waals surface area contributed by atoms with Gasteiger partial charge in [-0.1, -0.05) is 31.8 Å². The molecule has 2 heterocycles. The van der Waals surface area contributed by atoms with Crippen LogP contribution in [-0.4, -0.2) is 36.2 Å². The molecule has 0 spiro atoms. The number of benzene rings is 2. The third-order valence-corrected chi connectivity index (χ3v) is 6.72. The van der Waals surface area contributed by atoms with E-state index in [1.165, 1.54) is 6.07 Å². The van der Waals surface area contributed by atoms with Crippen molar-refractivity contribution in [1.82, 2.24) is 9.78 Å². The van der Waals surface area contributed by atoms with Crippen LogP contribution in [-0.2, 0) is 11.5 Å². The molecule has 162 valence electrons. The molecule has 0 radical (unpaired) electrons. The van der Waals surface area contributed by atoms with Crippen molar-refractivity contribution in [3.63, 3.8) is 0 Å². The molecule has 8 nitrogen and oxygen atoms in total. The lowest BCUT2D eigenvalue weighted by Crippen LogP contribution is -2.22. The fourth-order valence-electron chi connectivity index (χ4n) is 3.24. The standard InChI is InChI=1S/C22H25N3O5Si/c1-31(2,3)11-10-28-14-24-20-13-17(25(26)27)6-7-18(20)19(23-24)8-4-16-5-9-21-22(12-16)30-15-29-21/h4-9,12-13H,10-11,14-15H2,1-3H3/b8-4+. The van der Waals surface area contributed by atoms with Crippen molar-refractivity contribution in [3.05, 3.63) is 57.8 Å². The van der Waals surface area contributed by atoms with Gasteiger partial charge in [-0.2, -0.15) is 5.10 Å². The molecule has 1 aliphatic heterocycles. The molecule has 0 N–H and O–H groups in total. The zero-order chi connectivity index (χ0) is 22.0. The number of fused-ring (bicyclic) bond motifs is 2. The van der Waals surface area contributed by atoms with Crippen LogP contribution in [0.25, 0.3) is 23.1 Å². The number of hydrogen-bond donors (Lipinski definition) is 0. The summed E-state index contributed by atoms with van der Waals surface area (Å²) in [5.41, 5.74) is 2.37. The Bertz CT molecular complexity index is 1150. The van der Waals surface area contributed by atoms with E-state index in [1.54, 1.807) is 16.8 Å². The Morgan fingerprint density at radius 3 is 2.74 bits per heavy atom. The number of nitro benzene ring substituents is 1. The minimum Gasteiger partial charge on any atom is -0.454 e. The maximum atomic E-state index is 11.3. The van der Waals surface area contributed by atoms with Gasteiger partial charge in [-0.15, -0.1) is 0 Å². The molecule has 1 aromatic heterocycles. The summed E-state index contributed by atoms with van der Waals surface area (Å²) in [6.07, 6.45) is 3.83. The van der Waals surface area contributed by atoms with Gasteiger partial charge in [0.2, 0.25) is 6.79 Å². The summed E-state index contributed by atoms with van der Waals surface area (Å²) in [7, 11) is -1.20. The Balaban J connectivity index is 1.61. The first-order chi connectivity index (χ1) is 14.8. The van der Waals surface area contributed by atoms with E-state index in [1.807, 2.05) is 30.4 Å². The Hall–Kier alpha value is -3.17. The number of ether oxygens (including phenoxy) is 3. The van der Waals surface area contributed by atoms with E-state index in [-0.39, 0.29) is 19.2 Å². The van der Waals surface area contributed by atoms with Gasteiger partial charge < -0.3 is 14.2 Å². The van der Waals surface area contributed by atoms with E-state index in [0.29, 0.717) is 17.9 Å². The number of aromatic nitrogens is 2. The van der Waals surface area contributed by atoms with Gasteiger partial charge in [0.05, 0.1) is 16.1 Å². The average Bonchev–Trinajstić information content (AvgIpc) is 3.32. The highest BCUT2D eigenvalue weighted by Gasteiger charge is 2.16. The summed E-state index contributed by atoms with van der Waals surface area (Å²) in [5.74, 6) is 1.44. The van der Waals surface area contributed by atoms with Gasteiger partial charge in [-0.3, -0.25) is 10.1 Å². The summed E-state index contributed by atoms with van der Waals surface area (Å²) in [4.78, 5) is 10.9. The maximum Gasteiger partial charge on any atom is 0.271 e. The Kier molecular flexibility index (Phi) is 5.79. The quantitative estimate of drug-likeness (QED) is 0.209. The van der Waals surface area contributed by atoms with Crippen molar-refractivity contribution in [1.29, 1.82) is 0 Å². The van der Waals surface area contributed by atoms with Crippen LogP contribution in [0.1, 0.15) is 11.3 Å². The largest absolute Gasteiger partial charge is 0.454 e. The van der Waals surface area contributed by atoms with Gasteiger partial charge >= 0.3 is 0 Å². The van der Waals surface area contributed by atoms with E-state index >= 15 is 0 Å². The van der Waals surface area contributed by atoms with Crippen LogP contribution < -0.4 is 9.47 Å². The summed E-state index contributed by atoms with van der Waals surface area (Å²) in [6.45, 7) is 8.01. The molecule has 0 atom stereocenters. The van der Waals surface area contributed by atoms with Crippen LogP contribution in [0, 0.1) is 10.1 Å². The Morgan fingerprint density at radius 1 is 1.16 bits per heavy atom. The van der Waals surface area contributed by atoms with Crippen LogP contribution in [0.5, 0.6) is 11.5 Å². The van der Waals surface area contributed by atoms with Gasteiger partial charge in [0.25, 0.3) is 5.69 Å². The third kappa shape index (κ3) is 4.94. The number of nitro groups is 1. The Morgan fingerprint density at radius 2 is 1.97 bits per heavy atom. The first kappa shape index (κ1) is 21.1. The minimum absolute atomic E-state index is 0.0297. The molecular weight excluding hydrogens is 414 g/mol. The monoisotopic (exact) mass is 439 g/mol. The first-order valence-corrected chi connectivity index (χ1v) is 13.8. The van der Waals surface area contributed by atoms with E-state index in [9.17, 15) is 10.1 Å². The van der Waals surface area contributed by atoms with E-state index in [0.717, 1.165) is 28.4 Å². The van der Waals surface area contributed by atoms with Crippen LogP contribution in [0.15, 0.2) is 36.4 Å². The summed E-state index contributed by atoms with van der Waals surface area (Å²) < 4.78 is 18.3. The highest BCUT2D eigenvalue weighted by atomic mass is 28.3. The predicted molar refractivity (Wildman–Crippen MR) is 122 cm³/mol. The number of non-ortho nitro benzene ring substituents is 1. The van der Waals surface area contributed by atoms with E-state index in [2.05, 4.69) is 24.7 Å². The molecule has 0 amide bonds. The molecule has 4 rings (SSSR count). The van der Waals surface area contributed by atoms with Crippen LogP contribution >= 0.6 is 0 Å². The molecule has 0 bridgehead atoms. The fourth-order valence-corrected chi connectivity index (χ4v) is 4.00. The van der Waals surface area contributed by atoms with Crippen LogP contribution in [0.3, 0.4) is 0 Å². The Labute approximate surface area is 181 Å². The molecule has 0 aliphatic carbocycles. The lowest BCUT2D eigenvalue weighted by molar-refractivity contribution is -0.384. The lowest BCUT2D eigenvalue weighted by atomic mass is 10.1. The number of nitrogens with zero attached hydrogens (tertiary/aromatic N) is 3. The van der Waals surface area contributed by atoms with Gasteiger partial charge in [-0.25, -0.2) is 4.68 Å². The molecule has 1 aliphatic rings. The molecule has 0 saturated heterocycles. The van der Waals surface area contributed by atoms with Crippen molar-refractivity contribution in [2.24, 2.45) is 0 Å². The molecule has 0 fully saturated rings. The van der Waals surface area contributed by atoms with Gasteiger partial charge in [-0.05, 0) is 35.9 Å². The van der Waals surface area contributed by atoms with E-state index in [4.69, 9.17) is 14.2 Å². The second kappa shape index (κ2) is 8.52. The van der Waals surface area contributed by atoms with Crippen molar-refractivity contribution in [3.8, 4) is 11.5 Å². The van der Waals surface area contributed by atoms with Gasteiger partial charge in [0.1, 0.15) is 6.73 Å². The predicted octanol–water partition coefficient (Wildman–Crippen LogP) is 5.16. The molecule has 2 aromatic carbocycles. The van der Waals surface area contributed by atoms with Crippen molar-refractivity contribution < 1.29 is 19.1 Å². The highest BCUT2D eigenvalue weighted by molar-refractivity contribution is 6.76. The molecule has 9 heteroatoms. The zero-order valence-electron chi connectivity index (χ0n) is 17.8. The average molecular weight is 440 g/mol. The summed E-state index contributed by atoms with van der Waals surface area (Å²) in [5, 5.41) is 16.7. The number of hydrogen-bond acceptors (Lipinski definition) is 6. The smallest absolute Gasteiger partial charge is 0.271 e. The lowest BCUT2D eigenvalue weighted by Gasteiger charge is -2.15. The molecular formula is C22H25N3O5Si. The highest BCUT2D eigenvalue weighted by Crippen LogP contribution is 2.33. The zero-order valence-corrected chi connectivity index (χ0v) is 18.8. The second-order valence-corrected chi connectivity index (χ2v) is 14.3. The molecule has 3 aromatic rings. The molecule has 0 unspecified atom stereocenters. The van der Waals surface area contributed by atoms with Crippen molar-refractivity contribution >= 4 is 36.8 Å². The first-order valence-electron chi connectivity index (χ1n) is 10.1. The fraction of sp³-hybridized carbons (Fsp3) is 0.318. The van der Waals surface area contributed by atoms with E-state index < -0.39 is 13.0 Å². The summed E-state index contributed by atoms with van der Waals surface area (Å²) >= 11 is 0. The third-order valence-electron chi connectivity index (χ3n) is 5.01. The minimum atomic E-state index is -1.20. The van der Waals surface area contributed by atoms with Crippen molar-refractivity contribution in [2.75, 3.05) is 13.4 Å². The number of rotatable bonds is 8. The normalized spacial score (nSPS) is 13.4. The van der Waals surface area contributed by atoms with Crippen molar-refractivity contribution in [2.45, 2.75) is 32.4 Å².